The standard InChI is InChI=1S/C26H26FN3O6S/c1-4-36-26(33)30-12-11-18-21(14-30)37-25(29-23(31)15-5-7-16(27)8-6-15)22(18)24(32)28-19-13-17(34-2)9-10-20(19)35-3/h5-10,13H,4,11-12,14H2,1-3H3,(H,28,32)(H,29,31). The van der Waals surface area contributed by atoms with Crippen molar-refractivity contribution in [3.05, 3.63) is 69.8 Å². The molecular formula is C26H26FN3O6S. The number of amides is 3. The van der Waals surface area contributed by atoms with Crippen LogP contribution < -0.4 is 20.1 Å². The second-order valence-corrected chi connectivity index (χ2v) is 9.16. The van der Waals surface area contributed by atoms with Gasteiger partial charge < -0.3 is 29.7 Å². The smallest absolute Gasteiger partial charge is 0.410 e. The van der Waals surface area contributed by atoms with E-state index in [0.717, 1.165) is 10.4 Å². The van der Waals surface area contributed by atoms with Gasteiger partial charge in [0.05, 0.1) is 38.6 Å². The molecule has 4 rings (SSSR count). The predicted molar refractivity (Wildman–Crippen MR) is 137 cm³/mol. The molecule has 2 heterocycles. The summed E-state index contributed by atoms with van der Waals surface area (Å²) in [5.41, 5.74) is 1.66. The lowest BCUT2D eigenvalue weighted by atomic mass is 10.0. The summed E-state index contributed by atoms with van der Waals surface area (Å²) in [6.07, 6.45) is -0.0414. The lowest BCUT2D eigenvalue weighted by molar-refractivity contribution is 0.101. The van der Waals surface area contributed by atoms with E-state index in [-0.39, 0.29) is 18.7 Å². The topological polar surface area (TPSA) is 106 Å². The highest BCUT2D eigenvalue weighted by molar-refractivity contribution is 7.17. The van der Waals surface area contributed by atoms with E-state index in [1.54, 1.807) is 30.0 Å². The van der Waals surface area contributed by atoms with Crippen LogP contribution in [0.4, 0.5) is 19.9 Å². The first-order chi connectivity index (χ1) is 17.8. The number of ether oxygens (including phenoxy) is 3. The average molecular weight is 528 g/mol. The van der Waals surface area contributed by atoms with Gasteiger partial charge in [0.25, 0.3) is 11.8 Å². The molecule has 0 saturated heterocycles. The van der Waals surface area contributed by atoms with Crippen LogP contribution in [-0.4, -0.2) is 50.2 Å². The molecule has 0 bridgehead atoms. The van der Waals surface area contributed by atoms with E-state index >= 15 is 0 Å². The van der Waals surface area contributed by atoms with Crippen LogP contribution in [0.2, 0.25) is 0 Å². The molecule has 0 unspecified atom stereocenters. The van der Waals surface area contributed by atoms with E-state index in [2.05, 4.69) is 10.6 Å². The quantitative estimate of drug-likeness (QED) is 0.452. The highest BCUT2D eigenvalue weighted by atomic mass is 32.1. The van der Waals surface area contributed by atoms with Gasteiger partial charge in [0.2, 0.25) is 0 Å². The molecule has 3 amide bonds. The number of hydrogen-bond acceptors (Lipinski definition) is 7. The number of nitrogens with zero attached hydrogens (tertiary/aromatic N) is 1. The summed E-state index contributed by atoms with van der Waals surface area (Å²) in [6, 6.07) is 10.1. The van der Waals surface area contributed by atoms with E-state index in [0.29, 0.717) is 40.7 Å². The average Bonchev–Trinajstić information content (AvgIpc) is 3.26. The Morgan fingerprint density at radius 2 is 1.78 bits per heavy atom. The molecule has 0 atom stereocenters. The Morgan fingerprint density at radius 3 is 2.46 bits per heavy atom. The second kappa shape index (κ2) is 11.3. The van der Waals surface area contributed by atoms with Crippen molar-refractivity contribution < 1.29 is 33.0 Å². The van der Waals surface area contributed by atoms with Gasteiger partial charge in [0.1, 0.15) is 22.3 Å². The SMILES string of the molecule is CCOC(=O)N1CCc2c(sc(NC(=O)c3ccc(F)cc3)c2C(=O)Nc2cc(OC)ccc2OC)C1. The van der Waals surface area contributed by atoms with Crippen molar-refractivity contribution in [2.24, 2.45) is 0 Å². The van der Waals surface area contributed by atoms with Gasteiger partial charge in [-0.15, -0.1) is 11.3 Å². The van der Waals surface area contributed by atoms with Crippen molar-refractivity contribution in [2.75, 3.05) is 38.0 Å². The van der Waals surface area contributed by atoms with Crippen LogP contribution in [0.3, 0.4) is 0 Å². The highest BCUT2D eigenvalue weighted by Crippen LogP contribution is 2.39. The van der Waals surface area contributed by atoms with Gasteiger partial charge >= 0.3 is 6.09 Å². The minimum absolute atomic E-state index is 0.238. The molecule has 0 fully saturated rings. The number of thiophene rings is 1. The van der Waals surface area contributed by atoms with Gasteiger partial charge in [-0.1, -0.05) is 0 Å². The molecule has 2 aromatic carbocycles. The van der Waals surface area contributed by atoms with Crippen molar-refractivity contribution in [2.45, 2.75) is 19.9 Å². The first-order valence-corrected chi connectivity index (χ1v) is 12.3. The first kappa shape index (κ1) is 26.0. The second-order valence-electron chi connectivity index (χ2n) is 8.06. The van der Waals surface area contributed by atoms with Gasteiger partial charge in [-0.05, 0) is 55.3 Å². The fraction of sp³-hybridized carbons (Fsp3) is 0.269. The van der Waals surface area contributed by atoms with Gasteiger partial charge in [0, 0.05) is 23.1 Å². The van der Waals surface area contributed by atoms with Gasteiger partial charge in [-0.2, -0.15) is 0 Å². The molecule has 2 N–H and O–H groups in total. The largest absolute Gasteiger partial charge is 0.497 e. The van der Waals surface area contributed by atoms with Crippen molar-refractivity contribution in [3.8, 4) is 11.5 Å². The molecule has 11 heteroatoms. The maximum absolute atomic E-state index is 13.6. The Morgan fingerprint density at radius 1 is 1.03 bits per heavy atom. The summed E-state index contributed by atoms with van der Waals surface area (Å²) in [6.45, 7) is 2.59. The van der Waals surface area contributed by atoms with Gasteiger partial charge in [0.15, 0.2) is 0 Å². The third kappa shape index (κ3) is 5.67. The van der Waals surface area contributed by atoms with Crippen LogP contribution in [0.25, 0.3) is 0 Å². The summed E-state index contributed by atoms with van der Waals surface area (Å²) in [5, 5.41) is 5.98. The lowest BCUT2D eigenvalue weighted by Gasteiger charge is -2.26. The number of methoxy groups -OCH3 is 2. The van der Waals surface area contributed by atoms with Crippen LogP contribution in [0, 0.1) is 5.82 Å². The lowest BCUT2D eigenvalue weighted by Crippen LogP contribution is -2.36. The van der Waals surface area contributed by atoms with E-state index < -0.39 is 23.7 Å². The third-order valence-electron chi connectivity index (χ3n) is 5.80. The number of benzene rings is 2. The number of carbonyl (C=O) groups is 3. The number of hydrogen-bond donors (Lipinski definition) is 2. The number of fused-ring (bicyclic) bond motifs is 1. The minimum atomic E-state index is -0.492. The highest BCUT2D eigenvalue weighted by Gasteiger charge is 2.31. The Kier molecular flexibility index (Phi) is 7.92. The van der Waals surface area contributed by atoms with Crippen molar-refractivity contribution in [1.82, 2.24) is 4.90 Å². The van der Waals surface area contributed by atoms with Crippen molar-refractivity contribution >= 4 is 39.9 Å². The summed E-state index contributed by atoms with van der Waals surface area (Å²) >= 11 is 1.21. The normalized spacial score (nSPS) is 12.4. The molecule has 0 saturated carbocycles. The maximum atomic E-state index is 13.6. The molecule has 194 valence electrons. The van der Waals surface area contributed by atoms with E-state index in [1.165, 1.54) is 49.8 Å². The number of anilines is 2. The summed E-state index contributed by atoms with van der Waals surface area (Å²) < 4.78 is 29.1. The molecule has 1 aliphatic heterocycles. The third-order valence-corrected chi connectivity index (χ3v) is 6.93. The van der Waals surface area contributed by atoms with Gasteiger partial charge in [-0.3, -0.25) is 9.59 Å². The Hall–Kier alpha value is -4.12. The maximum Gasteiger partial charge on any atom is 0.410 e. The minimum Gasteiger partial charge on any atom is -0.497 e. The fourth-order valence-electron chi connectivity index (χ4n) is 3.98. The molecule has 0 radical (unpaired) electrons. The molecule has 0 spiro atoms. The number of halogens is 1. The molecule has 1 aliphatic rings. The Labute approximate surface area is 217 Å². The van der Waals surface area contributed by atoms with Crippen LogP contribution in [0.15, 0.2) is 42.5 Å². The fourth-order valence-corrected chi connectivity index (χ4v) is 5.23. The van der Waals surface area contributed by atoms with Crippen LogP contribution in [-0.2, 0) is 17.7 Å². The molecule has 3 aromatic rings. The molecule has 9 nitrogen and oxygen atoms in total. The van der Waals surface area contributed by atoms with E-state index in [1.807, 2.05) is 0 Å². The van der Waals surface area contributed by atoms with Crippen LogP contribution in [0.1, 0.15) is 38.1 Å². The predicted octanol–water partition coefficient (Wildman–Crippen LogP) is 4.92. The monoisotopic (exact) mass is 527 g/mol. The zero-order valence-electron chi connectivity index (χ0n) is 20.6. The van der Waals surface area contributed by atoms with Crippen LogP contribution >= 0.6 is 11.3 Å². The first-order valence-electron chi connectivity index (χ1n) is 11.5. The molecule has 1 aromatic heterocycles. The Balaban J connectivity index is 1.69. The molecule has 37 heavy (non-hydrogen) atoms. The Bertz CT molecular complexity index is 1320. The molecular weight excluding hydrogens is 501 g/mol. The zero-order chi connectivity index (χ0) is 26.5. The van der Waals surface area contributed by atoms with Crippen molar-refractivity contribution in [1.29, 1.82) is 0 Å². The molecule has 0 aliphatic carbocycles. The van der Waals surface area contributed by atoms with Crippen LogP contribution in [0.5, 0.6) is 11.5 Å². The summed E-state index contributed by atoms with van der Waals surface area (Å²) in [5.74, 6) is -0.451. The van der Waals surface area contributed by atoms with E-state index in [4.69, 9.17) is 14.2 Å². The van der Waals surface area contributed by atoms with E-state index in [9.17, 15) is 18.8 Å². The zero-order valence-corrected chi connectivity index (χ0v) is 21.4. The summed E-state index contributed by atoms with van der Waals surface area (Å²) in [4.78, 5) is 41.2. The number of nitrogens with one attached hydrogen (secondary N) is 2. The van der Waals surface area contributed by atoms with Crippen molar-refractivity contribution in [3.63, 3.8) is 0 Å². The van der Waals surface area contributed by atoms with Gasteiger partial charge in [-0.25, -0.2) is 9.18 Å². The number of carbonyl (C=O) groups excluding carboxylic acids is 3. The number of rotatable bonds is 7. The summed E-state index contributed by atoms with van der Waals surface area (Å²) in [7, 11) is 3.00.